The van der Waals surface area contributed by atoms with Gasteiger partial charge in [-0.3, -0.25) is 4.79 Å². The highest BCUT2D eigenvalue weighted by molar-refractivity contribution is 6.13. The van der Waals surface area contributed by atoms with Crippen LogP contribution in [-0.2, 0) is 11.2 Å². The summed E-state index contributed by atoms with van der Waals surface area (Å²) in [5.41, 5.74) is 1.13. The molecule has 0 unspecified atom stereocenters. The average Bonchev–Trinajstić information content (AvgIpc) is 2.79. The molecule has 0 aliphatic rings. The van der Waals surface area contributed by atoms with Gasteiger partial charge in [-0.15, -0.1) is 0 Å². The zero-order chi connectivity index (χ0) is 21.7. The van der Waals surface area contributed by atoms with Crippen molar-refractivity contribution in [3.05, 3.63) is 48.2 Å². The second-order valence-electron chi connectivity index (χ2n) is 6.90. The third kappa shape index (κ3) is 3.99. The normalized spacial score (nSPS) is 11.1. The van der Waals surface area contributed by atoms with Crippen molar-refractivity contribution in [3.63, 3.8) is 0 Å². The van der Waals surface area contributed by atoms with Crippen LogP contribution in [0, 0.1) is 0 Å². The molecule has 0 spiro atoms. The van der Waals surface area contributed by atoms with Gasteiger partial charge in [-0.2, -0.15) is 0 Å². The molecule has 3 rings (SSSR count). The van der Waals surface area contributed by atoms with E-state index >= 15 is 0 Å². The summed E-state index contributed by atoms with van der Waals surface area (Å²) in [4.78, 5) is 12.5. The number of likely N-dealkylation sites (N-methyl/N-ethyl adjacent to an activating group) is 1. The Bertz CT molecular complexity index is 1090. The van der Waals surface area contributed by atoms with Crippen LogP contribution in [0.25, 0.3) is 21.5 Å². The first-order valence-corrected chi connectivity index (χ1v) is 9.62. The van der Waals surface area contributed by atoms with Crippen LogP contribution in [0.3, 0.4) is 0 Å². The maximum absolute atomic E-state index is 10.6. The largest absolute Gasteiger partial charge is 0.493 e. The van der Waals surface area contributed by atoms with Crippen LogP contribution in [0.4, 0.5) is 0 Å². The number of fused-ring (bicyclic) bond motifs is 3. The maximum Gasteiger partial charge on any atom is 0.169 e. The number of ether oxygens (including phenoxy) is 4. The number of carbonyl (C=O) groups excluding carboxylic acids is 1. The van der Waals surface area contributed by atoms with E-state index in [-0.39, 0.29) is 0 Å². The van der Waals surface area contributed by atoms with E-state index in [4.69, 9.17) is 18.9 Å². The Morgan fingerprint density at radius 3 is 2.20 bits per heavy atom. The van der Waals surface area contributed by atoms with Crippen molar-refractivity contribution in [1.82, 2.24) is 4.90 Å². The molecule has 30 heavy (non-hydrogen) atoms. The predicted molar refractivity (Wildman–Crippen MR) is 119 cm³/mol. The molecule has 0 aromatic heterocycles. The Labute approximate surface area is 176 Å². The van der Waals surface area contributed by atoms with E-state index in [0.717, 1.165) is 46.4 Å². The van der Waals surface area contributed by atoms with E-state index in [1.165, 1.54) is 6.08 Å². The lowest BCUT2D eigenvalue weighted by atomic mass is 9.95. The molecule has 0 atom stereocenters. The zero-order valence-electron chi connectivity index (χ0n) is 18.0. The summed E-state index contributed by atoms with van der Waals surface area (Å²) >= 11 is 0. The SMILES string of the molecule is COc1cc2ccc3c(CCN(C)/C=C/C=O)cc(OC)c(OC)c3c2cc1OC. The van der Waals surface area contributed by atoms with Crippen LogP contribution in [0.5, 0.6) is 23.0 Å². The van der Waals surface area contributed by atoms with E-state index < -0.39 is 0 Å². The number of hydrogen-bond acceptors (Lipinski definition) is 6. The molecule has 3 aromatic rings. The van der Waals surface area contributed by atoms with Crippen molar-refractivity contribution in [2.75, 3.05) is 42.0 Å². The summed E-state index contributed by atoms with van der Waals surface area (Å²) in [6, 6.07) is 10.1. The van der Waals surface area contributed by atoms with Crippen LogP contribution in [0.15, 0.2) is 42.6 Å². The second kappa shape index (κ2) is 9.39. The van der Waals surface area contributed by atoms with Gasteiger partial charge in [0.05, 0.1) is 28.4 Å². The lowest BCUT2D eigenvalue weighted by Gasteiger charge is -2.19. The summed E-state index contributed by atoms with van der Waals surface area (Å²) < 4.78 is 22.4. The van der Waals surface area contributed by atoms with Crippen molar-refractivity contribution in [1.29, 1.82) is 0 Å². The van der Waals surface area contributed by atoms with E-state index in [0.29, 0.717) is 23.0 Å². The smallest absolute Gasteiger partial charge is 0.169 e. The van der Waals surface area contributed by atoms with Gasteiger partial charge in [-0.25, -0.2) is 0 Å². The molecule has 0 heterocycles. The molecule has 3 aromatic carbocycles. The molecule has 0 bridgehead atoms. The molecular formula is C24H27NO5. The van der Waals surface area contributed by atoms with Gasteiger partial charge in [0.2, 0.25) is 0 Å². The Balaban J connectivity index is 2.24. The van der Waals surface area contributed by atoms with Crippen LogP contribution < -0.4 is 18.9 Å². The van der Waals surface area contributed by atoms with Gasteiger partial charge in [0, 0.05) is 25.2 Å². The lowest BCUT2D eigenvalue weighted by Crippen LogP contribution is -2.14. The Hall–Kier alpha value is -3.41. The third-order valence-electron chi connectivity index (χ3n) is 5.20. The van der Waals surface area contributed by atoms with Gasteiger partial charge >= 0.3 is 0 Å². The Morgan fingerprint density at radius 2 is 1.57 bits per heavy atom. The number of nitrogens with zero attached hydrogens (tertiary/aromatic N) is 1. The monoisotopic (exact) mass is 409 g/mol. The summed E-state index contributed by atoms with van der Waals surface area (Å²) in [6.45, 7) is 0.749. The first-order chi connectivity index (χ1) is 14.6. The maximum atomic E-state index is 10.6. The molecule has 158 valence electrons. The molecule has 0 radical (unpaired) electrons. The molecule has 0 aliphatic carbocycles. The number of allylic oxidation sites excluding steroid dienone is 1. The molecule has 0 aliphatic heterocycles. The number of rotatable bonds is 9. The van der Waals surface area contributed by atoms with Crippen LogP contribution in [0.2, 0.25) is 0 Å². The minimum Gasteiger partial charge on any atom is -0.493 e. The number of benzene rings is 3. The van der Waals surface area contributed by atoms with Crippen molar-refractivity contribution in [3.8, 4) is 23.0 Å². The van der Waals surface area contributed by atoms with Gasteiger partial charge in [0.1, 0.15) is 6.29 Å². The molecule has 0 saturated carbocycles. The summed E-state index contributed by atoms with van der Waals surface area (Å²) in [6.07, 6.45) is 4.80. The summed E-state index contributed by atoms with van der Waals surface area (Å²) in [5, 5.41) is 4.07. The fourth-order valence-corrected chi connectivity index (χ4v) is 3.70. The third-order valence-corrected chi connectivity index (χ3v) is 5.20. The van der Waals surface area contributed by atoms with Gasteiger partial charge in [-0.1, -0.05) is 12.1 Å². The molecule has 0 N–H and O–H groups in total. The highest BCUT2D eigenvalue weighted by atomic mass is 16.5. The number of carbonyl (C=O) groups is 1. The molecule has 6 nitrogen and oxygen atoms in total. The molecule has 0 saturated heterocycles. The lowest BCUT2D eigenvalue weighted by molar-refractivity contribution is -0.104. The van der Waals surface area contributed by atoms with Crippen LogP contribution >= 0.6 is 0 Å². The fraction of sp³-hybridized carbons (Fsp3) is 0.292. The highest BCUT2D eigenvalue weighted by Crippen LogP contribution is 2.44. The minimum atomic E-state index is 0.655. The van der Waals surface area contributed by atoms with E-state index in [2.05, 4.69) is 12.1 Å². The Morgan fingerprint density at radius 1 is 0.867 bits per heavy atom. The van der Waals surface area contributed by atoms with Gasteiger partial charge in [0.15, 0.2) is 23.0 Å². The summed E-state index contributed by atoms with van der Waals surface area (Å²) in [5.74, 6) is 2.69. The van der Waals surface area contributed by atoms with Gasteiger partial charge in [0.25, 0.3) is 0 Å². The highest BCUT2D eigenvalue weighted by Gasteiger charge is 2.18. The van der Waals surface area contributed by atoms with E-state index in [1.807, 2.05) is 30.1 Å². The Kier molecular flexibility index (Phi) is 6.67. The first-order valence-electron chi connectivity index (χ1n) is 9.62. The first kappa shape index (κ1) is 21.3. The van der Waals surface area contributed by atoms with Crippen molar-refractivity contribution in [2.24, 2.45) is 0 Å². The number of hydrogen-bond donors (Lipinski definition) is 0. The van der Waals surface area contributed by atoms with Crippen molar-refractivity contribution < 1.29 is 23.7 Å². The van der Waals surface area contributed by atoms with Gasteiger partial charge < -0.3 is 23.8 Å². The van der Waals surface area contributed by atoms with E-state index in [9.17, 15) is 4.79 Å². The molecule has 0 amide bonds. The van der Waals surface area contributed by atoms with Crippen molar-refractivity contribution >= 4 is 27.8 Å². The molecule has 0 fully saturated rings. The predicted octanol–water partition coefficient (Wildman–Crippen LogP) is 4.21. The number of methoxy groups -OCH3 is 4. The van der Waals surface area contributed by atoms with E-state index in [1.54, 1.807) is 34.6 Å². The standard InChI is InChI=1S/C24H27NO5/c1-25(10-6-12-26)11-9-17-14-22(29-4)24(30-5)23-18(17)8-7-16-13-20(27-2)21(28-3)15-19(16)23/h6-8,10,12-15H,9,11H2,1-5H3/b10-6+. The number of aldehydes is 1. The molecular weight excluding hydrogens is 382 g/mol. The molecule has 6 heteroatoms. The van der Waals surface area contributed by atoms with Gasteiger partial charge in [-0.05, 0) is 52.4 Å². The summed E-state index contributed by atoms with van der Waals surface area (Å²) in [7, 11) is 8.48. The zero-order valence-corrected chi connectivity index (χ0v) is 18.0. The van der Waals surface area contributed by atoms with Crippen molar-refractivity contribution in [2.45, 2.75) is 6.42 Å². The fourth-order valence-electron chi connectivity index (χ4n) is 3.70. The second-order valence-corrected chi connectivity index (χ2v) is 6.90. The quantitative estimate of drug-likeness (QED) is 0.300. The van der Waals surface area contributed by atoms with Crippen LogP contribution in [-0.4, -0.2) is 53.2 Å². The average molecular weight is 409 g/mol. The van der Waals surface area contributed by atoms with Crippen LogP contribution in [0.1, 0.15) is 5.56 Å². The topological polar surface area (TPSA) is 57.2 Å². The minimum absolute atomic E-state index is 0.655.